The number of benzene rings is 3. The maximum atomic E-state index is 12.9. The Labute approximate surface area is 211 Å². The van der Waals surface area contributed by atoms with Gasteiger partial charge in [-0.25, -0.2) is 0 Å². The smallest absolute Gasteiger partial charge is 0.416 e. The molecule has 12 heteroatoms. The van der Waals surface area contributed by atoms with Gasteiger partial charge in [-0.15, -0.1) is 0 Å². The summed E-state index contributed by atoms with van der Waals surface area (Å²) in [5.41, 5.74) is 1.80. The highest BCUT2D eigenvalue weighted by Crippen LogP contribution is 2.38. The van der Waals surface area contributed by atoms with E-state index >= 15 is 0 Å². The molecule has 3 rings (SSSR count). The molecule has 0 saturated carbocycles. The molecule has 0 bridgehead atoms. The lowest BCUT2D eigenvalue weighted by Crippen LogP contribution is -2.06. The zero-order valence-corrected chi connectivity index (χ0v) is 20.4. The lowest BCUT2D eigenvalue weighted by atomic mass is 10.1. The average Bonchev–Trinajstić information content (AvgIpc) is 2.79. The van der Waals surface area contributed by atoms with Crippen LogP contribution in [0.25, 0.3) is 0 Å². The third-order valence-corrected chi connectivity index (χ3v) is 5.39. The second kappa shape index (κ2) is 11.4. The molecule has 0 spiro atoms. The van der Waals surface area contributed by atoms with E-state index < -0.39 is 22.4 Å². The summed E-state index contributed by atoms with van der Waals surface area (Å²) in [5.74, 6) is 0.892. The van der Waals surface area contributed by atoms with Gasteiger partial charge in [0.15, 0.2) is 11.5 Å². The maximum Gasteiger partial charge on any atom is 0.416 e. The molecular weight excluding hydrogens is 555 g/mol. The predicted molar refractivity (Wildman–Crippen MR) is 130 cm³/mol. The largest absolute Gasteiger partial charge is 0.490 e. The fourth-order valence-electron chi connectivity index (χ4n) is 2.93. The van der Waals surface area contributed by atoms with Gasteiger partial charge >= 0.3 is 6.18 Å². The number of rotatable bonds is 9. The minimum atomic E-state index is -4.70. The number of nitrogens with zero attached hydrogens (tertiary/aromatic N) is 2. The van der Waals surface area contributed by atoms with Crippen LogP contribution in [0.4, 0.5) is 24.5 Å². The molecule has 0 aromatic heterocycles. The van der Waals surface area contributed by atoms with Gasteiger partial charge in [0, 0.05) is 11.1 Å². The highest BCUT2D eigenvalue weighted by molar-refractivity contribution is 9.10. The molecule has 0 fully saturated rings. The first-order chi connectivity index (χ1) is 16.6. The summed E-state index contributed by atoms with van der Waals surface area (Å²) < 4.78 is 50.8. The molecule has 0 heterocycles. The lowest BCUT2D eigenvalue weighted by Gasteiger charge is -2.15. The number of hydrogen-bond donors (Lipinski definition) is 1. The normalized spacial score (nSPS) is 11.5. The second-order valence-electron chi connectivity index (χ2n) is 7.03. The SMILES string of the molecule is CCOc1cc(/C=N\Nc2ccc(C(F)(F)F)cc2[N+](=O)[O-])cc(Br)c1OCc1ccc(Cl)cc1. The number of ether oxygens (including phenoxy) is 2. The van der Waals surface area contributed by atoms with Crippen molar-refractivity contribution in [3.63, 3.8) is 0 Å². The van der Waals surface area contributed by atoms with Gasteiger partial charge in [0.25, 0.3) is 5.69 Å². The summed E-state index contributed by atoms with van der Waals surface area (Å²) in [6.45, 7) is 2.44. The van der Waals surface area contributed by atoms with Crippen molar-refractivity contribution in [1.29, 1.82) is 0 Å². The van der Waals surface area contributed by atoms with E-state index in [9.17, 15) is 23.3 Å². The molecule has 0 saturated heterocycles. The summed E-state index contributed by atoms with van der Waals surface area (Å²) in [7, 11) is 0. The Morgan fingerprint density at radius 2 is 1.86 bits per heavy atom. The molecule has 0 aliphatic carbocycles. The van der Waals surface area contributed by atoms with E-state index in [-0.39, 0.29) is 12.3 Å². The summed E-state index contributed by atoms with van der Waals surface area (Å²) >= 11 is 9.35. The minimum absolute atomic E-state index is 0.189. The van der Waals surface area contributed by atoms with E-state index in [1.807, 2.05) is 19.1 Å². The topological polar surface area (TPSA) is 86.0 Å². The maximum absolute atomic E-state index is 12.9. The monoisotopic (exact) mass is 571 g/mol. The third kappa shape index (κ3) is 7.09. The van der Waals surface area contributed by atoms with Gasteiger partial charge in [-0.2, -0.15) is 18.3 Å². The number of hydrogen-bond acceptors (Lipinski definition) is 6. The summed E-state index contributed by atoms with van der Waals surface area (Å²) in [6.07, 6.45) is -3.36. The molecule has 0 unspecified atom stereocenters. The van der Waals surface area contributed by atoms with Crippen molar-refractivity contribution >= 4 is 45.1 Å². The van der Waals surface area contributed by atoms with Crippen molar-refractivity contribution in [2.24, 2.45) is 5.10 Å². The first kappa shape index (κ1) is 26.3. The number of hydrazone groups is 1. The quantitative estimate of drug-likeness (QED) is 0.163. The lowest BCUT2D eigenvalue weighted by molar-refractivity contribution is -0.384. The van der Waals surface area contributed by atoms with Crippen LogP contribution >= 0.6 is 27.5 Å². The standard InChI is InChI=1S/C23H18BrClF3N3O4/c1-2-34-21-10-15(9-18(24)22(21)35-13-14-3-6-17(25)7-4-14)12-29-30-19-8-5-16(23(26,27)28)11-20(19)31(32)33/h3-12,30H,2,13H2,1H3/b29-12-. The molecule has 0 atom stereocenters. The van der Waals surface area contributed by atoms with Gasteiger partial charge < -0.3 is 9.47 Å². The van der Waals surface area contributed by atoms with Gasteiger partial charge in [0.05, 0.1) is 27.8 Å². The summed E-state index contributed by atoms with van der Waals surface area (Å²) in [5, 5.41) is 15.8. The van der Waals surface area contributed by atoms with E-state index in [4.69, 9.17) is 21.1 Å². The van der Waals surface area contributed by atoms with E-state index in [0.717, 1.165) is 17.7 Å². The van der Waals surface area contributed by atoms with Crippen LogP contribution in [0.2, 0.25) is 5.02 Å². The number of nitro groups is 1. The number of nitro benzene ring substituents is 1. The van der Waals surface area contributed by atoms with Crippen LogP contribution < -0.4 is 14.9 Å². The van der Waals surface area contributed by atoms with Gasteiger partial charge in [0.1, 0.15) is 12.3 Å². The minimum Gasteiger partial charge on any atom is -0.490 e. The van der Waals surface area contributed by atoms with E-state index in [1.165, 1.54) is 6.21 Å². The third-order valence-electron chi connectivity index (χ3n) is 4.55. The van der Waals surface area contributed by atoms with Crippen LogP contribution in [0.15, 0.2) is 64.2 Å². The van der Waals surface area contributed by atoms with Crippen LogP contribution in [0.3, 0.4) is 0 Å². The zero-order valence-electron chi connectivity index (χ0n) is 18.1. The Kier molecular flexibility index (Phi) is 8.57. The van der Waals surface area contributed by atoms with Gasteiger partial charge in [-0.3, -0.25) is 15.5 Å². The molecule has 3 aromatic carbocycles. The van der Waals surface area contributed by atoms with Crippen molar-refractivity contribution < 1.29 is 27.6 Å². The highest BCUT2D eigenvalue weighted by Gasteiger charge is 2.33. The Balaban J connectivity index is 1.79. The summed E-state index contributed by atoms with van der Waals surface area (Å²) in [4.78, 5) is 10.3. The van der Waals surface area contributed by atoms with Crippen molar-refractivity contribution in [3.8, 4) is 11.5 Å². The number of halogens is 5. The molecule has 7 nitrogen and oxygen atoms in total. The molecular formula is C23H18BrClF3N3O4. The van der Waals surface area contributed by atoms with Crippen molar-refractivity contribution in [3.05, 3.63) is 90.9 Å². The fraction of sp³-hybridized carbons (Fsp3) is 0.174. The van der Waals surface area contributed by atoms with Crippen LogP contribution in [-0.4, -0.2) is 17.7 Å². The van der Waals surface area contributed by atoms with Crippen molar-refractivity contribution in [2.45, 2.75) is 19.7 Å². The zero-order chi connectivity index (χ0) is 25.6. The van der Waals surface area contributed by atoms with E-state index in [0.29, 0.717) is 39.2 Å². The molecule has 1 N–H and O–H groups in total. The molecule has 0 aliphatic heterocycles. The first-order valence-electron chi connectivity index (χ1n) is 10.1. The number of anilines is 1. The first-order valence-corrected chi connectivity index (χ1v) is 11.2. The average molecular weight is 573 g/mol. The molecule has 184 valence electrons. The molecule has 35 heavy (non-hydrogen) atoms. The van der Waals surface area contributed by atoms with Crippen LogP contribution in [0, 0.1) is 10.1 Å². The predicted octanol–water partition coefficient (Wildman–Crippen LogP) is 7.45. The molecule has 3 aromatic rings. The Morgan fingerprint density at radius 3 is 2.49 bits per heavy atom. The van der Waals surface area contributed by atoms with Crippen LogP contribution in [-0.2, 0) is 12.8 Å². The van der Waals surface area contributed by atoms with Gasteiger partial charge in [-0.05, 0) is 70.4 Å². The second-order valence-corrected chi connectivity index (χ2v) is 8.33. The van der Waals surface area contributed by atoms with Crippen LogP contribution in [0.5, 0.6) is 11.5 Å². The molecule has 0 aliphatic rings. The Hall–Kier alpha value is -3.31. The fourth-order valence-corrected chi connectivity index (χ4v) is 3.63. The molecule has 0 radical (unpaired) electrons. The van der Waals surface area contributed by atoms with Crippen molar-refractivity contribution in [1.82, 2.24) is 0 Å². The molecule has 0 amide bonds. The number of nitrogens with one attached hydrogen (secondary N) is 1. The van der Waals surface area contributed by atoms with Gasteiger partial charge in [-0.1, -0.05) is 23.7 Å². The van der Waals surface area contributed by atoms with E-state index in [1.54, 1.807) is 24.3 Å². The van der Waals surface area contributed by atoms with Gasteiger partial charge in [0.2, 0.25) is 0 Å². The number of alkyl halides is 3. The van der Waals surface area contributed by atoms with E-state index in [2.05, 4.69) is 26.5 Å². The van der Waals surface area contributed by atoms with Crippen LogP contribution in [0.1, 0.15) is 23.6 Å². The Morgan fingerprint density at radius 1 is 1.14 bits per heavy atom. The summed E-state index contributed by atoms with van der Waals surface area (Å²) in [6, 6.07) is 12.7. The van der Waals surface area contributed by atoms with Crippen molar-refractivity contribution in [2.75, 3.05) is 12.0 Å². The highest BCUT2D eigenvalue weighted by atomic mass is 79.9. The Bertz CT molecular complexity index is 1240.